The van der Waals surface area contributed by atoms with E-state index in [1.54, 1.807) is 42.5 Å². The summed E-state index contributed by atoms with van der Waals surface area (Å²) < 4.78 is 38.4. The predicted molar refractivity (Wildman–Crippen MR) is 138 cm³/mol. The van der Waals surface area contributed by atoms with Gasteiger partial charge in [0.15, 0.2) is 16.4 Å². The van der Waals surface area contributed by atoms with Crippen molar-refractivity contribution >= 4 is 33.5 Å². The van der Waals surface area contributed by atoms with Crippen molar-refractivity contribution in [2.75, 3.05) is 24.6 Å². The Morgan fingerprint density at radius 3 is 2.49 bits per heavy atom. The maximum Gasteiger partial charge on any atom is 0.289 e. The Kier molecular flexibility index (Phi) is 8.95. The van der Waals surface area contributed by atoms with E-state index in [-0.39, 0.29) is 5.69 Å². The van der Waals surface area contributed by atoms with E-state index in [1.807, 2.05) is 0 Å². The van der Waals surface area contributed by atoms with Crippen molar-refractivity contribution in [3.63, 3.8) is 0 Å². The van der Waals surface area contributed by atoms with Gasteiger partial charge in [0.05, 0.1) is 23.9 Å². The molecule has 0 bridgehead atoms. The van der Waals surface area contributed by atoms with Crippen LogP contribution in [0.1, 0.15) is 5.56 Å². The molecule has 12 heteroatoms. The zero-order chi connectivity index (χ0) is 26.8. The van der Waals surface area contributed by atoms with E-state index >= 15 is 0 Å². The van der Waals surface area contributed by atoms with Crippen LogP contribution in [-0.2, 0) is 14.8 Å². The topological polar surface area (TPSA) is 140 Å². The van der Waals surface area contributed by atoms with Crippen molar-refractivity contribution in [2.45, 2.75) is 4.90 Å². The number of nitro groups is 1. The Bertz CT molecular complexity index is 1410. The van der Waals surface area contributed by atoms with Crippen molar-refractivity contribution in [2.24, 2.45) is 5.10 Å². The molecule has 0 aromatic heterocycles. The Labute approximate surface area is 213 Å². The third-order valence-corrected chi connectivity index (χ3v) is 6.73. The summed E-state index contributed by atoms with van der Waals surface area (Å²) in [6.07, 6.45) is 2.94. The fraction of sp³-hybridized carbons (Fsp3) is 0.120. The van der Waals surface area contributed by atoms with Crippen LogP contribution in [0.5, 0.6) is 11.5 Å². The standard InChI is InChI=1S/C25H24N4O7S/c1-3-15-36-22-14-13-19(16-23(22)35-2)17-26-27-25(30)18-28(20-9-5-4-6-10-20)37(33,34)24-12-8-7-11-21(24)29(31)32/h3-14,16-17H,1,15,18H2,2H3,(H,27,30)/b26-17-. The van der Waals surface area contributed by atoms with E-state index in [9.17, 15) is 23.3 Å². The van der Waals surface area contributed by atoms with Crippen LogP contribution in [0.15, 0.2) is 95.4 Å². The number of hydrazone groups is 1. The van der Waals surface area contributed by atoms with Crippen LogP contribution < -0.4 is 19.2 Å². The number of rotatable bonds is 12. The normalized spacial score (nSPS) is 11.1. The molecule has 0 saturated carbocycles. The quantitative estimate of drug-likeness (QED) is 0.165. The third kappa shape index (κ3) is 6.70. The molecule has 0 radical (unpaired) electrons. The molecule has 0 heterocycles. The molecular weight excluding hydrogens is 500 g/mol. The van der Waals surface area contributed by atoms with E-state index in [1.165, 1.54) is 37.6 Å². The molecule has 3 aromatic carbocycles. The molecule has 3 aromatic rings. The Hall–Kier alpha value is -4.71. The third-order valence-electron chi connectivity index (χ3n) is 4.91. The smallest absolute Gasteiger partial charge is 0.289 e. The molecule has 0 atom stereocenters. The summed E-state index contributed by atoms with van der Waals surface area (Å²) >= 11 is 0. The zero-order valence-electron chi connectivity index (χ0n) is 19.8. The minimum atomic E-state index is -4.48. The first-order valence-electron chi connectivity index (χ1n) is 10.8. The lowest BCUT2D eigenvalue weighted by molar-refractivity contribution is -0.387. The van der Waals surface area contributed by atoms with Gasteiger partial charge in [-0.15, -0.1) is 0 Å². The van der Waals surface area contributed by atoms with Crippen LogP contribution in [0.4, 0.5) is 11.4 Å². The van der Waals surface area contributed by atoms with Gasteiger partial charge < -0.3 is 9.47 Å². The number of amides is 1. The predicted octanol–water partition coefficient (Wildman–Crippen LogP) is 3.51. The lowest BCUT2D eigenvalue weighted by Crippen LogP contribution is -2.39. The number of carbonyl (C=O) groups is 1. The van der Waals surface area contributed by atoms with Gasteiger partial charge in [-0.3, -0.25) is 19.2 Å². The zero-order valence-corrected chi connectivity index (χ0v) is 20.6. The fourth-order valence-corrected chi connectivity index (χ4v) is 4.81. The van der Waals surface area contributed by atoms with Crippen LogP contribution in [-0.4, -0.2) is 45.7 Å². The number of benzene rings is 3. The molecule has 0 aliphatic rings. The van der Waals surface area contributed by atoms with Crippen molar-refractivity contribution in [3.05, 3.63) is 101 Å². The van der Waals surface area contributed by atoms with E-state index < -0.39 is 38.0 Å². The average Bonchev–Trinajstić information content (AvgIpc) is 2.91. The summed E-state index contributed by atoms with van der Waals surface area (Å²) in [7, 11) is -3.00. The van der Waals surface area contributed by atoms with E-state index in [0.717, 1.165) is 16.4 Å². The highest BCUT2D eigenvalue weighted by Gasteiger charge is 2.33. The van der Waals surface area contributed by atoms with Crippen LogP contribution in [0.3, 0.4) is 0 Å². The number of methoxy groups -OCH3 is 1. The summed E-state index contributed by atoms with van der Waals surface area (Å²) in [5, 5.41) is 15.3. The molecule has 0 fully saturated rings. The number of para-hydroxylation sites is 2. The highest BCUT2D eigenvalue weighted by Crippen LogP contribution is 2.30. The second-order valence-corrected chi connectivity index (χ2v) is 9.21. The maximum atomic E-state index is 13.4. The number of nitrogens with one attached hydrogen (secondary N) is 1. The molecule has 192 valence electrons. The molecule has 37 heavy (non-hydrogen) atoms. The van der Waals surface area contributed by atoms with Gasteiger partial charge in [0, 0.05) is 6.07 Å². The summed E-state index contributed by atoms with van der Waals surface area (Å²) in [5.41, 5.74) is 2.41. The van der Waals surface area contributed by atoms with Crippen LogP contribution in [0.2, 0.25) is 0 Å². The molecule has 0 aliphatic heterocycles. The fourth-order valence-electron chi connectivity index (χ4n) is 3.23. The average molecular weight is 525 g/mol. The number of hydrogen-bond donors (Lipinski definition) is 1. The van der Waals surface area contributed by atoms with Gasteiger partial charge in [-0.2, -0.15) is 5.10 Å². The molecule has 0 spiro atoms. The van der Waals surface area contributed by atoms with Gasteiger partial charge in [0.1, 0.15) is 13.2 Å². The van der Waals surface area contributed by atoms with Crippen LogP contribution >= 0.6 is 0 Å². The monoisotopic (exact) mass is 524 g/mol. The molecule has 0 aliphatic carbocycles. The number of sulfonamides is 1. The largest absolute Gasteiger partial charge is 0.493 e. The van der Waals surface area contributed by atoms with Crippen molar-refractivity contribution in [3.8, 4) is 11.5 Å². The number of ether oxygens (including phenoxy) is 2. The highest BCUT2D eigenvalue weighted by molar-refractivity contribution is 7.93. The van der Waals surface area contributed by atoms with Gasteiger partial charge in [-0.1, -0.05) is 43.0 Å². The number of anilines is 1. The first-order valence-corrected chi connectivity index (χ1v) is 12.3. The summed E-state index contributed by atoms with van der Waals surface area (Å²) in [5.74, 6) is 0.186. The Morgan fingerprint density at radius 2 is 1.81 bits per heavy atom. The van der Waals surface area contributed by atoms with Crippen molar-refractivity contribution in [1.82, 2.24) is 5.43 Å². The SMILES string of the molecule is C=CCOc1ccc(/C=N\NC(=O)CN(c2ccccc2)S(=O)(=O)c2ccccc2[N+](=O)[O-])cc1OC. The van der Waals surface area contributed by atoms with Crippen molar-refractivity contribution in [1.29, 1.82) is 0 Å². The Morgan fingerprint density at radius 1 is 1.11 bits per heavy atom. The highest BCUT2D eigenvalue weighted by atomic mass is 32.2. The van der Waals surface area contributed by atoms with Gasteiger partial charge in [-0.05, 0) is 42.0 Å². The number of carbonyl (C=O) groups excluding carboxylic acids is 1. The summed E-state index contributed by atoms with van der Waals surface area (Å²) in [6.45, 7) is 3.22. The lowest BCUT2D eigenvalue weighted by atomic mass is 10.2. The number of nitro benzene ring substituents is 1. The van der Waals surface area contributed by atoms with E-state index in [2.05, 4.69) is 17.1 Å². The van der Waals surface area contributed by atoms with Gasteiger partial charge in [0.2, 0.25) is 0 Å². The molecule has 1 amide bonds. The van der Waals surface area contributed by atoms with Crippen molar-refractivity contribution < 1.29 is 27.6 Å². The maximum absolute atomic E-state index is 13.4. The van der Waals surface area contributed by atoms with Gasteiger partial charge in [-0.25, -0.2) is 13.8 Å². The Balaban J connectivity index is 1.82. The van der Waals surface area contributed by atoms with Gasteiger partial charge >= 0.3 is 0 Å². The first kappa shape index (κ1) is 26.9. The number of nitrogens with zero attached hydrogens (tertiary/aromatic N) is 3. The molecular formula is C25H24N4O7S. The second kappa shape index (κ2) is 12.3. The first-order chi connectivity index (χ1) is 17.8. The molecule has 0 saturated heterocycles. The minimum absolute atomic E-state index is 0.152. The van der Waals surface area contributed by atoms with E-state index in [4.69, 9.17) is 9.47 Å². The lowest BCUT2D eigenvalue weighted by Gasteiger charge is -2.23. The minimum Gasteiger partial charge on any atom is -0.493 e. The van der Waals surface area contributed by atoms with Crippen LogP contribution in [0, 0.1) is 10.1 Å². The molecule has 11 nitrogen and oxygen atoms in total. The van der Waals surface area contributed by atoms with Gasteiger partial charge in [0.25, 0.3) is 21.6 Å². The molecule has 0 unspecified atom stereocenters. The molecule has 1 N–H and O–H groups in total. The second-order valence-electron chi connectivity index (χ2n) is 7.38. The van der Waals surface area contributed by atoms with E-state index in [0.29, 0.717) is 23.7 Å². The summed E-state index contributed by atoms with van der Waals surface area (Å²) in [4.78, 5) is 22.8. The van der Waals surface area contributed by atoms with Crippen LogP contribution in [0.25, 0.3) is 0 Å². The summed E-state index contributed by atoms with van der Waals surface area (Å²) in [6, 6.07) is 17.7. The number of hydrogen-bond acceptors (Lipinski definition) is 8. The molecule has 3 rings (SSSR count).